The quantitative estimate of drug-likeness (QED) is 0.695. The van der Waals surface area contributed by atoms with E-state index in [9.17, 15) is 0 Å². The van der Waals surface area contributed by atoms with Crippen molar-refractivity contribution in [3.63, 3.8) is 0 Å². The van der Waals surface area contributed by atoms with Crippen molar-refractivity contribution in [2.75, 3.05) is 0 Å². The standard InChI is InChI=1S/C8H10N2O/c1-2-7(10)8-4-3-6(5-9)11-8/h3-4,7H,2,10H2,1H3/t7-/m0/s1. The lowest BCUT2D eigenvalue weighted by atomic mass is 10.2. The zero-order valence-corrected chi connectivity index (χ0v) is 6.37. The minimum Gasteiger partial charge on any atom is -0.449 e. The van der Waals surface area contributed by atoms with Crippen molar-refractivity contribution < 1.29 is 4.42 Å². The van der Waals surface area contributed by atoms with Gasteiger partial charge in [-0.3, -0.25) is 0 Å². The van der Waals surface area contributed by atoms with E-state index >= 15 is 0 Å². The summed E-state index contributed by atoms with van der Waals surface area (Å²) in [6.07, 6.45) is 0.818. The first-order valence-electron chi connectivity index (χ1n) is 3.53. The van der Waals surface area contributed by atoms with Crippen molar-refractivity contribution in [3.05, 3.63) is 23.7 Å². The van der Waals surface area contributed by atoms with Gasteiger partial charge in [0.15, 0.2) is 0 Å². The Morgan fingerprint density at radius 3 is 2.91 bits per heavy atom. The Labute approximate surface area is 65.4 Å². The van der Waals surface area contributed by atoms with E-state index in [0.29, 0.717) is 11.5 Å². The molecule has 1 aromatic heterocycles. The molecule has 0 spiro atoms. The van der Waals surface area contributed by atoms with Crippen LogP contribution < -0.4 is 5.73 Å². The van der Waals surface area contributed by atoms with Crippen molar-refractivity contribution >= 4 is 0 Å². The lowest BCUT2D eigenvalue weighted by Gasteiger charge is -2.02. The molecule has 0 radical (unpaired) electrons. The molecule has 2 N–H and O–H groups in total. The summed E-state index contributed by atoms with van der Waals surface area (Å²) in [6, 6.07) is 5.19. The molecule has 0 saturated heterocycles. The van der Waals surface area contributed by atoms with Gasteiger partial charge < -0.3 is 10.2 Å². The lowest BCUT2D eigenvalue weighted by molar-refractivity contribution is 0.452. The predicted octanol–water partition coefficient (Wildman–Crippen LogP) is 1.56. The molecule has 3 heteroatoms. The predicted molar refractivity (Wildman–Crippen MR) is 40.6 cm³/mol. The summed E-state index contributed by atoms with van der Waals surface area (Å²) >= 11 is 0. The fourth-order valence-corrected chi connectivity index (χ4v) is 0.813. The van der Waals surface area contributed by atoms with Crippen LogP contribution in [0.4, 0.5) is 0 Å². The molecule has 11 heavy (non-hydrogen) atoms. The maximum Gasteiger partial charge on any atom is 0.203 e. The zero-order valence-electron chi connectivity index (χ0n) is 6.37. The van der Waals surface area contributed by atoms with Crippen molar-refractivity contribution in [1.29, 1.82) is 5.26 Å². The molecule has 0 aromatic carbocycles. The minimum absolute atomic E-state index is 0.0860. The monoisotopic (exact) mass is 150 g/mol. The number of hydrogen-bond acceptors (Lipinski definition) is 3. The molecule has 0 fully saturated rings. The first-order chi connectivity index (χ1) is 5.27. The van der Waals surface area contributed by atoms with E-state index in [1.165, 1.54) is 0 Å². The Balaban J connectivity index is 2.82. The normalized spacial score (nSPS) is 12.5. The van der Waals surface area contributed by atoms with E-state index in [0.717, 1.165) is 6.42 Å². The molecule has 58 valence electrons. The molecule has 1 rings (SSSR count). The summed E-state index contributed by atoms with van der Waals surface area (Å²) in [7, 11) is 0. The van der Waals surface area contributed by atoms with Gasteiger partial charge >= 0.3 is 0 Å². The van der Waals surface area contributed by atoms with Crippen LogP contribution in [0.15, 0.2) is 16.5 Å². The van der Waals surface area contributed by atoms with Gasteiger partial charge in [-0.1, -0.05) is 6.92 Å². The number of hydrogen-bond donors (Lipinski definition) is 1. The van der Waals surface area contributed by atoms with Crippen LogP contribution in [-0.2, 0) is 0 Å². The lowest BCUT2D eigenvalue weighted by Crippen LogP contribution is -2.06. The first-order valence-corrected chi connectivity index (χ1v) is 3.53. The number of rotatable bonds is 2. The highest BCUT2D eigenvalue weighted by Gasteiger charge is 2.07. The Kier molecular flexibility index (Phi) is 2.29. The van der Waals surface area contributed by atoms with Gasteiger partial charge in [-0.2, -0.15) is 5.26 Å². The highest BCUT2D eigenvalue weighted by molar-refractivity contribution is 5.20. The second-order valence-corrected chi connectivity index (χ2v) is 2.33. The number of furan rings is 1. The van der Waals surface area contributed by atoms with Crippen LogP contribution in [0.3, 0.4) is 0 Å². The van der Waals surface area contributed by atoms with E-state index in [2.05, 4.69) is 0 Å². The largest absolute Gasteiger partial charge is 0.449 e. The third-order valence-corrected chi connectivity index (χ3v) is 1.54. The topological polar surface area (TPSA) is 63.0 Å². The molecule has 3 nitrogen and oxygen atoms in total. The van der Waals surface area contributed by atoms with Gasteiger partial charge in [0.1, 0.15) is 11.8 Å². The minimum atomic E-state index is -0.0860. The van der Waals surface area contributed by atoms with Gasteiger partial charge in [0.05, 0.1) is 6.04 Å². The van der Waals surface area contributed by atoms with Gasteiger partial charge in [-0.25, -0.2) is 0 Å². The smallest absolute Gasteiger partial charge is 0.203 e. The summed E-state index contributed by atoms with van der Waals surface area (Å²) < 4.78 is 5.10. The van der Waals surface area contributed by atoms with Crippen molar-refractivity contribution in [1.82, 2.24) is 0 Å². The van der Waals surface area contributed by atoms with Crippen LogP contribution in [0.5, 0.6) is 0 Å². The Bertz CT molecular complexity index is 272. The van der Waals surface area contributed by atoms with Crippen LogP contribution >= 0.6 is 0 Å². The van der Waals surface area contributed by atoms with Crippen LogP contribution in [0, 0.1) is 11.3 Å². The SMILES string of the molecule is CC[C@H](N)c1ccc(C#N)o1. The first kappa shape index (κ1) is 7.83. The second kappa shape index (κ2) is 3.22. The van der Waals surface area contributed by atoms with Crippen LogP contribution in [-0.4, -0.2) is 0 Å². The molecular weight excluding hydrogens is 140 g/mol. The fourth-order valence-electron chi connectivity index (χ4n) is 0.813. The fraction of sp³-hybridized carbons (Fsp3) is 0.375. The van der Waals surface area contributed by atoms with Crippen molar-refractivity contribution in [2.24, 2.45) is 5.73 Å². The molecular formula is C8H10N2O. The molecule has 1 heterocycles. The molecule has 0 saturated carbocycles. The van der Waals surface area contributed by atoms with E-state index in [4.69, 9.17) is 15.4 Å². The van der Waals surface area contributed by atoms with Gasteiger partial charge in [0, 0.05) is 0 Å². The summed E-state index contributed by atoms with van der Waals surface area (Å²) in [4.78, 5) is 0. The molecule has 0 bridgehead atoms. The number of nitrogens with two attached hydrogens (primary N) is 1. The third kappa shape index (κ3) is 1.60. The summed E-state index contributed by atoms with van der Waals surface area (Å²) in [6.45, 7) is 1.97. The molecule has 0 aliphatic heterocycles. The zero-order chi connectivity index (χ0) is 8.27. The summed E-state index contributed by atoms with van der Waals surface area (Å²) in [5.41, 5.74) is 5.66. The van der Waals surface area contributed by atoms with E-state index in [1.807, 2.05) is 13.0 Å². The van der Waals surface area contributed by atoms with E-state index < -0.39 is 0 Å². The van der Waals surface area contributed by atoms with E-state index in [-0.39, 0.29) is 6.04 Å². The average molecular weight is 150 g/mol. The van der Waals surface area contributed by atoms with Gasteiger partial charge in [0.2, 0.25) is 5.76 Å². The third-order valence-electron chi connectivity index (χ3n) is 1.54. The second-order valence-electron chi connectivity index (χ2n) is 2.33. The van der Waals surface area contributed by atoms with Crippen LogP contribution in [0.2, 0.25) is 0 Å². The van der Waals surface area contributed by atoms with Gasteiger partial charge in [0.25, 0.3) is 0 Å². The molecule has 0 unspecified atom stereocenters. The molecule has 0 amide bonds. The Hall–Kier alpha value is -1.27. The van der Waals surface area contributed by atoms with Gasteiger partial charge in [-0.15, -0.1) is 0 Å². The van der Waals surface area contributed by atoms with Crippen molar-refractivity contribution in [2.45, 2.75) is 19.4 Å². The molecule has 1 aromatic rings. The van der Waals surface area contributed by atoms with Crippen LogP contribution in [0.1, 0.15) is 30.9 Å². The summed E-state index contributed by atoms with van der Waals surface area (Å²) in [5, 5.41) is 8.42. The highest BCUT2D eigenvalue weighted by atomic mass is 16.3. The Morgan fingerprint density at radius 1 is 1.73 bits per heavy atom. The number of nitriles is 1. The van der Waals surface area contributed by atoms with E-state index in [1.54, 1.807) is 12.1 Å². The summed E-state index contributed by atoms with van der Waals surface area (Å²) in [5.74, 6) is 1.01. The van der Waals surface area contributed by atoms with Gasteiger partial charge in [-0.05, 0) is 18.6 Å². The highest BCUT2D eigenvalue weighted by Crippen LogP contribution is 2.15. The van der Waals surface area contributed by atoms with Crippen molar-refractivity contribution in [3.8, 4) is 6.07 Å². The molecule has 0 aliphatic rings. The molecule has 0 aliphatic carbocycles. The average Bonchev–Trinajstić information content (AvgIpc) is 2.50. The maximum atomic E-state index is 8.42. The maximum absolute atomic E-state index is 8.42. The van der Waals surface area contributed by atoms with Crippen LogP contribution in [0.25, 0.3) is 0 Å². The molecule has 1 atom stereocenters. The Morgan fingerprint density at radius 2 is 2.45 bits per heavy atom. The number of nitrogens with zero attached hydrogens (tertiary/aromatic N) is 1.